The minimum Gasteiger partial charge on any atom is -0.344 e. The van der Waals surface area contributed by atoms with Crippen LogP contribution in [0.5, 0.6) is 0 Å². The summed E-state index contributed by atoms with van der Waals surface area (Å²) in [7, 11) is 0. The first kappa shape index (κ1) is 16.4. The smallest absolute Gasteiger partial charge is 0.265 e. The summed E-state index contributed by atoms with van der Waals surface area (Å²) in [6.07, 6.45) is 4.40. The van der Waals surface area contributed by atoms with Gasteiger partial charge in [-0.05, 0) is 30.3 Å². The van der Waals surface area contributed by atoms with Crippen LogP contribution in [0, 0.1) is 5.92 Å². The van der Waals surface area contributed by atoms with Gasteiger partial charge in [-0.1, -0.05) is 45.0 Å². The zero-order chi connectivity index (χ0) is 15.7. The van der Waals surface area contributed by atoms with E-state index in [-0.39, 0.29) is 16.9 Å². The lowest BCUT2D eigenvalue weighted by Gasteiger charge is -2.42. The number of rotatable bonds is 3. The van der Waals surface area contributed by atoms with Crippen molar-refractivity contribution in [1.29, 1.82) is 0 Å². The molecule has 1 saturated carbocycles. The Morgan fingerprint density at radius 1 is 1.48 bits per heavy atom. The van der Waals surface area contributed by atoms with Crippen LogP contribution in [-0.4, -0.2) is 27.6 Å². The van der Waals surface area contributed by atoms with E-state index in [1.165, 1.54) is 18.0 Å². The number of nitrogens with one attached hydrogen (secondary N) is 1. The molecule has 1 aromatic rings. The highest BCUT2D eigenvalue weighted by atomic mass is 32.1. The third-order valence-electron chi connectivity index (χ3n) is 4.58. The summed E-state index contributed by atoms with van der Waals surface area (Å²) in [4.78, 5) is 13.3. The molecule has 0 aliphatic heterocycles. The molecule has 21 heavy (non-hydrogen) atoms. The van der Waals surface area contributed by atoms with Crippen molar-refractivity contribution in [2.75, 3.05) is 6.54 Å². The average Bonchev–Trinajstić information content (AvgIpc) is 2.91. The molecule has 3 N–H and O–H groups in total. The molecule has 0 saturated heterocycles. The van der Waals surface area contributed by atoms with Gasteiger partial charge in [-0.15, -0.1) is 5.10 Å². The largest absolute Gasteiger partial charge is 0.344 e. The quantitative estimate of drug-likeness (QED) is 0.898. The third kappa shape index (κ3) is 3.26. The van der Waals surface area contributed by atoms with Crippen molar-refractivity contribution in [3.8, 4) is 0 Å². The molecule has 6 heteroatoms. The van der Waals surface area contributed by atoms with Gasteiger partial charge in [-0.25, -0.2) is 0 Å². The Kier molecular flexibility index (Phi) is 4.68. The maximum atomic E-state index is 12.7. The van der Waals surface area contributed by atoms with Gasteiger partial charge in [0.15, 0.2) is 0 Å². The molecule has 2 unspecified atom stereocenters. The molecule has 118 valence electrons. The summed E-state index contributed by atoms with van der Waals surface area (Å²) >= 11 is 1.17. The Morgan fingerprint density at radius 3 is 2.76 bits per heavy atom. The number of nitrogens with zero attached hydrogens (tertiary/aromatic N) is 2. The van der Waals surface area contributed by atoms with Gasteiger partial charge in [0.2, 0.25) is 0 Å². The summed E-state index contributed by atoms with van der Waals surface area (Å²) in [5.41, 5.74) is 6.31. The van der Waals surface area contributed by atoms with E-state index in [0.29, 0.717) is 17.3 Å². The minimum absolute atomic E-state index is 0.0749. The molecule has 1 aromatic heterocycles. The normalized spacial score (nSPS) is 26.6. The fourth-order valence-electron chi connectivity index (χ4n) is 3.07. The number of carbonyl (C=O) groups excluding carboxylic acids is 1. The van der Waals surface area contributed by atoms with Crippen molar-refractivity contribution < 1.29 is 4.79 Å². The van der Waals surface area contributed by atoms with E-state index in [0.717, 1.165) is 25.0 Å². The van der Waals surface area contributed by atoms with E-state index in [4.69, 9.17) is 5.73 Å². The molecule has 1 heterocycles. The Labute approximate surface area is 130 Å². The average molecular weight is 310 g/mol. The SMILES string of the molecule is CC1CCCCC1(CN)NC(=O)c1snnc1C(C)(C)C. The molecule has 5 nitrogen and oxygen atoms in total. The first-order valence-electron chi connectivity index (χ1n) is 7.65. The van der Waals surface area contributed by atoms with Gasteiger partial charge in [-0.2, -0.15) is 0 Å². The van der Waals surface area contributed by atoms with E-state index in [1.54, 1.807) is 0 Å². The zero-order valence-electron chi connectivity index (χ0n) is 13.4. The Morgan fingerprint density at radius 2 is 2.19 bits per heavy atom. The number of hydrogen-bond donors (Lipinski definition) is 2. The van der Waals surface area contributed by atoms with Gasteiger partial charge >= 0.3 is 0 Å². The van der Waals surface area contributed by atoms with Gasteiger partial charge < -0.3 is 11.1 Å². The summed E-state index contributed by atoms with van der Waals surface area (Å²) < 4.78 is 3.97. The van der Waals surface area contributed by atoms with E-state index < -0.39 is 0 Å². The summed E-state index contributed by atoms with van der Waals surface area (Å²) in [6, 6.07) is 0. The lowest BCUT2D eigenvalue weighted by atomic mass is 9.73. The predicted molar refractivity (Wildman–Crippen MR) is 85.5 cm³/mol. The third-order valence-corrected chi connectivity index (χ3v) is 5.31. The van der Waals surface area contributed by atoms with Crippen molar-refractivity contribution in [1.82, 2.24) is 14.9 Å². The van der Waals surface area contributed by atoms with E-state index >= 15 is 0 Å². The molecular formula is C15H26N4OS. The topological polar surface area (TPSA) is 80.9 Å². The van der Waals surface area contributed by atoms with Crippen LogP contribution in [0.2, 0.25) is 0 Å². The van der Waals surface area contributed by atoms with E-state index in [9.17, 15) is 4.79 Å². The summed E-state index contributed by atoms with van der Waals surface area (Å²) in [6.45, 7) is 8.80. The lowest BCUT2D eigenvalue weighted by Crippen LogP contribution is -2.59. The van der Waals surface area contributed by atoms with Crippen LogP contribution in [-0.2, 0) is 5.41 Å². The molecule has 0 spiro atoms. The molecule has 0 radical (unpaired) electrons. The molecule has 1 aliphatic rings. The standard InChI is InChI=1S/C15H26N4OS/c1-10-7-5-6-8-15(10,9-16)17-13(20)11-12(14(2,3)4)18-19-21-11/h10H,5-9,16H2,1-4H3,(H,17,20). The lowest BCUT2D eigenvalue weighted by molar-refractivity contribution is 0.0814. The second-order valence-electron chi connectivity index (χ2n) is 7.16. The predicted octanol–water partition coefficient (Wildman–Crippen LogP) is 2.47. The van der Waals surface area contributed by atoms with E-state index in [1.807, 2.05) is 20.8 Å². The molecule has 2 atom stereocenters. The van der Waals surface area contributed by atoms with Crippen LogP contribution in [0.3, 0.4) is 0 Å². The van der Waals surface area contributed by atoms with Gasteiger partial charge in [0.05, 0.1) is 11.2 Å². The summed E-state index contributed by atoms with van der Waals surface area (Å²) in [5, 5.41) is 7.36. The second kappa shape index (κ2) is 6.01. The van der Waals surface area contributed by atoms with Crippen LogP contribution >= 0.6 is 11.5 Å². The van der Waals surface area contributed by atoms with Gasteiger partial charge in [0, 0.05) is 12.0 Å². The number of carbonyl (C=O) groups is 1. The van der Waals surface area contributed by atoms with Crippen molar-refractivity contribution in [3.05, 3.63) is 10.6 Å². The molecular weight excluding hydrogens is 284 g/mol. The minimum atomic E-state index is -0.283. The van der Waals surface area contributed by atoms with Crippen LogP contribution in [0.25, 0.3) is 0 Å². The molecule has 1 fully saturated rings. The Hall–Kier alpha value is -1.01. The fourth-order valence-corrected chi connectivity index (χ4v) is 3.84. The maximum absolute atomic E-state index is 12.7. The summed E-state index contributed by atoms with van der Waals surface area (Å²) in [5.74, 6) is 0.327. The molecule has 2 rings (SSSR count). The van der Waals surface area contributed by atoms with Crippen LogP contribution in [0.1, 0.15) is 68.7 Å². The Bertz CT molecular complexity index is 508. The maximum Gasteiger partial charge on any atom is 0.265 e. The molecule has 0 aromatic carbocycles. The highest BCUT2D eigenvalue weighted by molar-refractivity contribution is 7.08. The van der Waals surface area contributed by atoms with E-state index in [2.05, 4.69) is 21.8 Å². The van der Waals surface area contributed by atoms with Crippen LogP contribution in [0.15, 0.2) is 0 Å². The number of nitrogens with two attached hydrogens (primary N) is 1. The monoisotopic (exact) mass is 310 g/mol. The van der Waals surface area contributed by atoms with Crippen molar-refractivity contribution in [3.63, 3.8) is 0 Å². The number of amides is 1. The number of hydrogen-bond acceptors (Lipinski definition) is 5. The number of aromatic nitrogens is 2. The first-order valence-corrected chi connectivity index (χ1v) is 8.43. The van der Waals surface area contributed by atoms with Crippen molar-refractivity contribution in [2.24, 2.45) is 11.7 Å². The van der Waals surface area contributed by atoms with Crippen LogP contribution < -0.4 is 11.1 Å². The fraction of sp³-hybridized carbons (Fsp3) is 0.800. The zero-order valence-corrected chi connectivity index (χ0v) is 14.2. The highest BCUT2D eigenvalue weighted by Crippen LogP contribution is 2.34. The molecule has 0 bridgehead atoms. The van der Waals surface area contributed by atoms with Gasteiger partial charge in [0.25, 0.3) is 5.91 Å². The second-order valence-corrected chi connectivity index (χ2v) is 7.92. The first-order chi connectivity index (χ1) is 9.80. The highest BCUT2D eigenvalue weighted by Gasteiger charge is 2.39. The van der Waals surface area contributed by atoms with Crippen molar-refractivity contribution in [2.45, 2.75) is 64.3 Å². The Balaban J connectivity index is 2.23. The van der Waals surface area contributed by atoms with Gasteiger partial charge in [0.1, 0.15) is 4.88 Å². The van der Waals surface area contributed by atoms with Crippen molar-refractivity contribution >= 4 is 17.4 Å². The van der Waals surface area contributed by atoms with Gasteiger partial charge in [-0.3, -0.25) is 4.79 Å². The molecule has 1 aliphatic carbocycles. The molecule has 1 amide bonds. The van der Waals surface area contributed by atoms with Crippen LogP contribution in [0.4, 0.5) is 0 Å².